The predicted octanol–water partition coefficient (Wildman–Crippen LogP) is -3.54. The fraction of sp³-hybridized carbons (Fsp3) is 1.00. The van der Waals surface area contributed by atoms with Gasteiger partial charge in [0, 0.05) is 42.9 Å². The van der Waals surface area contributed by atoms with Gasteiger partial charge in [-0.25, -0.2) is 0 Å². The second-order valence-electron chi connectivity index (χ2n) is 1.20. The molecule has 52 valence electrons. The molecule has 4 nitrogen and oxygen atoms in total. The van der Waals surface area contributed by atoms with E-state index < -0.39 is 43.0 Å². The number of rotatable bonds is 4. The van der Waals surface area contributed by atoms with E-state index in [1.807, 2.05) is 0 Å². The van der Waals surface area contributed by atoms with Gasteiger partial charge in [-0.1, -0.05) is 0 Å². The van der Waals surface area contributed by atoms with Gasteiger partial charge in [0.05, 0.1) is 0 Å². The summed E-state index contributed by atoms with van der Waals surface area (Å²) in [6, 6.07) is 0. The fourth-order valence-electron chi connectivity index (χ4n) is 0.150. The maximum absolute atomic E-state index is 8.55. The van der Waals surface area contributed by atoms with Crippen LogP contribution in [0.5, 0.6) is 0 Å². The molecule has 0 saturated carbocycles. The van der Waals surface area contributed by atoms with E-state index in [1.165, 1.54) is 0 Å². The van der Waals surface area contributed by atoms with Crippen LogP contribution < -0.4 is 0 Å². The van der Waals surface area contributed by atoms with Crippen LogP contribution in [-0.4, -0.2) is 58.2 Å². The average molecular weight is 323 g/mol. The molecular weight excluding hydrogens is 319 g/mol. The van der Waals surface area contributed by atoms with Crippen molar-refractivity contribution in [1.29, 1.82) is 0 Å². The van der Waals surface area contributed by atoms with Crippen molar-refractivity contribution in [2.24, 2.45) is 0 Å². The zero-order valence-corrected chi connectivity index (χ0v) is 15.6. The van der Waals surface area contributed by atoms with E-state index in [1.54, 1.807) is 0 Å². The van der Waals surface area contributed by atoms with E-state index in [0.717, 1.165) is 0 Å². The molecule has 0 unspecified atom stereocenters. The zero-order valence-electron chi connectivity index (χ0n) is 5.70. The largest absolute Gasteiger partial charge is 0.432 e. The van der Waals surface area contributed by atoms with Gasteiger partial charge in [0.15, 0.2) is 0 Å². The van der Waals surface area contributed by atoms with Crippen molar-refractivity contribution in [3.05, 3.63) is 0 Å². The van der Waals surface area contributed by atoms with Crippen LogP contribution in [0.4, 0.5) is 0 Å². The Morgan fingerprint density at radius 1 is 0.636 bits per heavy atom. The van der Waals surface area contributed by atoms with E-state index in [0.29, 0.717) is 0 Å². The maximum Gasteiger partial charge on any atom is 0.228 e. The molecule has 0 heterocycles. The Balaban J connectivity index is -0.000000320. The summed E-state index contributed by atoms with van der Waals surface area (Å²) in [6.45, 7) is 0. The topological polar surface area (TPSA) is 80.9 Å². The molecule has 0 atom stereocenters. The van der Waals surface area contributed by atoms with E-state index in [4.69, 9.17) is 19.2 Å². The molecule has 0 rings (SSSR count). The fourth-order valence-corrected chi connectivity index (χ4v) is 1.35. The Morgan fingerprint density at radius 3 is 0.818 bits per heavy atom. The molecule has 0 saturated heterocycles. The summed E-state index contributed by atoms with van der Waals surface area (Å²) in [4.78, 5) is 34.2. The summed E-state index contributed by atoms with van der Waals surface area (Å²) in [5.41, 5.74) is 0. The minimum atomic E-state index is -1.00. The molecule has 0 amide bonds. The third kappa shape index (κ3) is 6.08. The van der Waals surface area contributed by atoms with Gasteiger partial charge in [0.1, 0.15) is 0 Å². The smallest absolute Gasteiger partial charge is 0.228 e. The molecule has 0 aromatic carbocycles. The summed E-state index contributed by atoms with van der Waals surface area (Å²) in [7, 11) is -2.37. The van der Waals surface area contributed by atoms with Crippen LogP contribution in [0.2, 0.25) is 3.91 Å². The normalized spacial score (nSPS) is 9.82. The molecule has 0 aliphatic heterocycles. The average Bonchev–Trinajstić information content (AvgIpc) is 1.95. The van der Waals surface area contributed by atoms with Gasteiger partial charge >= 0.3 is 0 Å². The van der Waals surface area contributed by atoms with E-state index in [-0.39, 0.29) is 39.0 Å². The first-order chi connectivity index (χ1) is 4.24. The monoisotopic (exact) mass is 320 g/mol. The number of hydrogen-bond donors (Lipinski definition) is 4. The van der Waals surface area contributed by atoms with Crippen molar-refractivity contribution in [1.82, 2.24) is 0 Å². The molecule has 10 heteroatoms. The summed E-state index contributed by atoms with van der Waals surface area (Å²) < 4.78 is -1.00. The molecule has 4 N–H and O–H groups in total. The molecule has 0 aliphatic carbocycles. The SMILES string of the molecule is O[Si]C([Si]O)([Si]O)[Si]O.[Zn].[Zn]. The summed E-state index contributed by atoms with van der Waals surface area (Å²) in [5, 5.41) is 0. The predicted molar refractivity (Wildman–Crippen MR) is 34.6 cm³/mol. The molecular formula is CH4O4Si4Zn2. The third-order valence-electron chi connectivity index (χ3n) is 0.671. The van der Waals surface area contributed by atoms with E-state index >= 15 is 0 Å². The summed E-state index contributed by atoms with van der Waals surface area (Å²) in [5.74, 6) is 0. The van der Waals surface area contributed by atoms with Crippen molar-refractivity contribution in [2.45, 2.75) is 3.91 Å². The van der Waals surface area contributed by atoms with Crippen molar-refractivity contribution in [2.75, 3.05) is 0 Å². The van der Waals surface area contributed by atoms with Crippen molar-refractivity contribution >= 4 is 39.1 Å². The first-order valence-corrected chi connectivity index (χ1v) is 5.68. The van der Waals surface area contributed by atoms with Crippen LogP contribution in [0.15, 0.2) is 0 Å². The van der Waals surface area contributed by atoms with E-state index in [2.05, 4.69) is 0 Å². The molecule has 0 aromatic heterocycles. The molecule has 0 aliphatic rings. The first kappa shape index (κ1) is 18.7. The van der Waals surface area contributed by atoms with Gasteiger partial charge in [-0.05, 0) is 0 Å². The molecule has 0 aromatic rings. The zero-order chi connectivity index (χ0) is 7.33. The standard InChI is InChI=1S/CH4O4Si4.2Zn/c2-6-1(7-3,8-4)9-5;;/h2-5H;;. The quantitative estimate of drug-likeness (QED) is 0.404. The van der Waals surface area contributed by atoms with Crippen LogP contribution in [-0.2, 0) is 39.0 Å². The Labute approximate surface area is 100 Å². The Morgan fingerprint density at radius 2 is 0.818 bits per heavy atom. The Hall–Kier alpha value is 1.95. The van der Waals surface area contributed by atoms with Crippen LogP contribution in [0, 0.1) is 0 Å². The van der Waals surface area contributed by atoms with Gasteiger partial charge in [-0.15, -0.1) is 0 Å². The minimum Gasteiger partial charge on any atom is -0.432 e. The summed E-state index contributed by atoms with van der Waals surface area (Å²) in [6.07, 6.45) is 0. The number of hydrogen-bond acceptors (Lipinski definition) is 4. The molecule has 0 fully saturated rings. The van der Waals surface area contributed by atoms with Crippen molar-refractivity contribution in [3.8, 4) is 0 Å². The second-order valence-corrected chi connectivity index (χ2v) is 8.09. The second kappa shape index (κ2) is 10.0. The van der Waals surface area contributed by atoms with Crippen LogP contribution in [0.25, 0.3) is 0 Å². The van der Waals surface area contributed by atoms with Gasteiger partial charge in [-0.2, -0.15) is 0 Å². The first-order valence-electron chi connectivity index (χ1n) is 1.89. The minimum absolute atomic E-state index is 0. The van der Waals surface area contributed by atoms with Gasteiger partial charge in [0.25, 0.3) is 0 Å². The Kier molecular flexibility index (Phi) is 17.0. The third-order valence-corrected chi connectivity index (χ3v) is 6.04. The molecule has 8 radical (unpaired) electrons. The van der Waals surface area contributed by atoms with Gasteiger partial charge < -0.3 is 19.2 Å². The Bertz CT molecular complexity index is 63.0. The maximum atomic E-state index is 8.55. The van der Waals surface area contributed by atoms with Crippen molar-refractivity contribution in [3.63, 3.8) is 0 Å². The molecule has 11 heavy (non-hydrogen) atoms. The van der Waals surface area contributed by atoms with Crippen LogP contribution in [0.1, 0.15) is 0 Å². The molecule has 0 bridgehead atoms. The van der Waals surface area contributed by atoms with Gasteiger partial charge in [0.2, 0.25) is 39.1 Å². The van der Waals surface area contributed by atoms with Crippen LogP contribution in [0.3, 0.4) is 0 Å². The van der Waals surface area contributed by atoms with E-state index in [9.17, 15) is 0 Å². The molecule has 0 spiro atoms. The van der Waals surface area contributed by atoms with Gasteiger partial charge in [-0.3, -0.25) is 0 Å². The van der Waals surface area contributed by atoms with Crippen LogP contribution >= 0.6 is 0 Å². The van der Waals surface area contributed by atoms with Crippen molar-refractivity contribution < 1.29 is 58.1 Å². The summed E-state index contributed by atoms with van der Waals surface area (Å²) >= 11 is 0.